The number of ether oxygens (including phenoxy) is 2. The number of hydrogen-bond acceptors (Lipinski definition) is 4. The summed E-state index contributed by atoms with van der Waals surface area (Å²) in [5.41, 5.74) is 0. The predicted molar refractivity (Wildman–Crippen MR) is 197 cm³/mol. The fraction of sp³-hybridized carbons (Fsp3) is 0.857. The van der Waals surface area contributed by atoms with Crippen LogP contribution in [0.4, 0.5) is 0 Å². The lowest BCUT2D eigenvalue weighted by Gasteiger charge is -2.30. The quantitative estimate of drug-likeness (QED) is 0.0415. The molecule has 0 aromatic rings. The number of unbranched alkanes of at least 4 members (excludes halogenated alkanes) is 22. The van der Waals surface area contributed by atoms with Crippen molar-refractivity contribution in [2.24, 2.45) is 0 Å². The van der Waals surface area contributed by atoms with E-state index in [0.29, 0.717) is 12.8 Å². The summed E-state index contributed by atoms with van der Waals surface area (Å²) in [4.78, 5) is 25.1. The van der Waals surface area contributed by atoms with Gasteiger partial charge in [0.05, 0.1) is 0 Å². The fourth-order valence-electron chi connectivity index (χ4n) is 6.47. The van der Waals surface area contributed by atoms with Crippen molar-refractivity contribution >= 4 is 11.9 Å². The lowest BCUT2D eigenvalue weighted by molar-refractivity contribution is -0.171. The maximum atomic E-state index is 12.5. The van der Waals surface area contributed by atoms with Crippen molar-refractivity contribution in [1.82, 2.24) is 0 Å². The van der Waals surface area contributed by atoms with E-state index in [0.717, 1.165) is 51.4 Å². The second-order valence-corrected chi connectivity index (χ2v) is 14.0. The van der Waals surface area contributed by atoms with Gasteiger partial charge in [-0.05, 0) is 89.9 Å². The van der Waals surface area contributed by atoms with E-state index >= 15 is 0 Å². The molecule has 0 unspecified atom stereocenters. The third kappa shape index (κ3) is 27.5. The first-order valence-corrected chi connectivity index (χ1v) is 20.4. The molecule has 268 valence electrons. The van der Waals surface area contributed by atoms with E-state index in [1.165, 1.54) is 141 Å². The molecule has 0 radical (unpaired) electrons. The molecule has 1 saturated carbocycles. The molecule has 4 heteroatoms. The summed E-state index contributed by atoms with van der Waals surface area (Å²) in [5.74, 6) is -0.245. The zero-order valence-electron chi connectivity index (χ0n) is 30.7. The first kappa shape index (κ1) is 42.4. The van der Waals surface area contributed by atoms with Crippen molar-refractivity contribution in [2.45, 2.75) is 232 Å². The summed E-state index contributed by atoms with van der Waals surface area (Å²) in [5, 5.41) is 0. The van der Waals surface area contributed by atoms with Crippen molar-refractivity contribution in [2.75, 3.05) is 0 Å². The molecule has 0 aliphatic heterocycles. The molecule has 0 bridgehead atoms. The number of allylic oxidation sites excluding steroid dienone is 4. The molecule has 2 atom stereocenters. The van der Waals surface area contributed by atoms with Crippen LogP contribution >= 0.6 is 0 Å². The molecule has 0 amide bonds. The Morgan fingerprint density at radius 3 is 1.04 bits per heavy atom. The molecule has 0 spiro atoms. The SMILES string of the molecule is CCCCCCCC/C=C\CCCCCCCC(=O)O[C@H]1CCCC[C@@H]1OC(=O)CCCCCCC/C=C\CCCCCCCC. The van der Waals surface area contributed by atoms with Crippen LogP contribution in [0.3, 0.4) is 0 Å². The Morgan fingerprint density at radius 2 is 0.717 bits per heavy atom. The lowest BCUT2D eigenvalue weighted by Crippen LogP contribution is -2.37. The predicted octanol–water partition coefficient (Wildman–Crippen LogP) is 13.5. The van der Waals surface area contributed by atoms with Crippen LogP contribution in [0.5, 0.6) is 0 Å². The molecule has 4 nitrogen and oxygen atoms in total. The maximum Gasteiger partial charge on any atom is 0.306 e. The van der Waals surface area contributed by atoms with Crippen LogP contribution in [0.2, 0.25) is 0 Å². The minimum Gasteiger partial charge on any atom is -0.458 e. The van der Waals surface area contributed by atoms with Crippen molar-refractivity contribution in [3.8, 4) is 0 Å². The Balaban J connectivity index is 2.00. The summed E-state index contributed by atoms with van der Waals surface area (Å²) in [6.45, 7) is 4.54. The number of carbonyl (C=O) groups is 2. The molecule has 0 aromatic heterocycles. The highest BCUT2D eigenvalue weighted by atomic mass is 16.6. The van der Waals surface area contributed by atoms with Gasteiger partial charge in [-0.3, -0.25) is 9.59 Å². The van der Waals surface area contributed by atoms with Crippen molar-refractivity contribution < 1.29 is 19.1 Å². The molecular weight excluding hydrogens is 568 g/mol. The zero-order chi connectivity index (χ0) is 33.2. The molecule has 1 aliphatic carbocycles. The Kier molecular flexibility index (Phi) is 30.7. The monoisotopic (exact) mass is 645 g/mol. The number of carbonyl (C=O) groups excluding carboxylic acids is 2. The normalized spacial score (nSPS) is 16.8. The topological polar surface area (TPSA) is 52.6 Å². The van der Waals surface area contributed by atoms with Gasteiger partial charge in [-0.15, -0.1) is 0 Å². The van der Waals surface area contributed by atoms with Crippen LogP contribution in [0, 0.1) is 0 Å². The Morgan fingerprint density at radius 1 is 0.435 bits per heavy atom. The third-order valence-electron chi connectivity index (χ3n) is 9.49. The maximum absolute atomic E-state index is 12.5. The van der Waals surface area contributed by atoms with Crippen LogP contribution in [0.1, 0.15) is 219 Å². The Labute approximate surface area is 286 Å². The number of hydrogen-bond donors (Lipinski definition) is 0. The molecular formula is C42H76O4. The average Bonchev–Trinajstić information content (AvgIpc) is 3.05. The molecule has 1 fully saturated rings. The van der Waals surface area contributed by atoms with Gasteiger partial charge < -0.3 is 9.47 Å². The van der Waals surface area contributed by atoms with Crippen LogP contribution in [-0.4, -0.2) is 24.1 Å². The van der Waals surface area contributed by atoms with Gasteiger partial charge in [-0.1, -0.05) is 141 Å². The highest BCUT2D eigenvalue weighted by molar-refractivity contribution is 5.70. The first-order chi connectivity index (χ1) is 22.7. The number of rotatable bonds is 32. The summed E-state index contributed by atoms with van der Waals surface area (Å²) < 4.78 is 11.6. The van der Waals surface area contributed by atoms with Crippen LogP contribution < -0.4 is 0 Å². The smallest absolute Gasteiger partial charge is 0.306 e. The van der Waals surface area contributed by atoms with E-state index < -0.39 is 0 Å². The van der Waals surface area contributed by atoms with Crippen molar-refractivity contribution in [3.05, 3.63) is 24.3 Å². The molecule has 46 heavy (non-hydrogen) atoms. The second kappa shape index (κ2) is 33.3. The van der Waals surface area contributed by atoms with Gasteiger partial charge in [0.1, 0.15) is 12.2 Å². The average molecular weight is 645 g/mol. The van der Waals surface area contributed by atoms with Crippen molar-refractivity contribution in [1.29, 1.82) is 0 Å². The molecule has 0 heterocycles. The van der Waals surface area contributed by atoms with Gasteiger partial charge in [0.2, 0.25) is 0 Å². The highest BCUT2D eigenvalue weighted by Gasteiger charge is 2.31. The molecule has 0 saturated heterocycles. The molecule has 1 rings (SSSR count). The Hall–Kier alpha value is -1.58. The fourth-order valence-corrected chi connectivity index (χ4v) is 6.47. The van der Waals surface area contributed by atoms with Gasteiger partial charge in [0, 0.05) is 12.8 Å². The standard InChI is InChI=1S/C42H76O4/c1-3-5-7-9-11-13-15-17-19-21-23-25-27-29-31-37-41(43)45-39-35-33-34-36-40(39)46-42(44)38-32-30-28-26-24-22-20-18-16-14-12-10-8-6-4-2/h17-20,39-40H,3-16,21-38H2,1-2H3/b19-17-,20-18-/t39-,40-/m0/s1. The van der Waals surface area contributed by atoms with Crippen LogP contribution in [0.25, 0.3) is 0 Å². The van der Waals surface area contributed by atoms with Gasteiger partial charge in [0.15, 0.2) is 0 Å². The summed E-state index contributed by atoms with van der Waals surface area (Å²) in [6, 6.07) is 0. The second-order valence-electron chi connectivity index (χ2n) is 14.0. The first-order valence-electron chi connectivity index (χ1n) is 20.4. The molecule has 0 aromatic carbocycles. The summed E-state index contributed by atoms with van der Waals surface area (Å²) >= 11 is 0. The van der Waals surface area contributed by atoms with Gasteiger partial charge in [-0.25, -0.2) is 0 Å². The van der Waals surface area contributed by atoms with E-state index in [1.807, 2.05) is 0 Å². The molecule has 0 N–H and O–H groups in total. The third-order valence-corrected chi connectivity index (χ3v) is 9.49. The van der Waals surface area contributed by atoms with E-state index in [1.54, 1.807) is 0 Å². The highest BCUT2D eigenvalue weighted by Crippen LogP contribution is 2.25. The minimum absolute atomic E-state index is 0.122. The summed E-state index contributed by atoms with van der Waals surface area (Å²) in [6.07, 6.45) is 46.0. The summed E-state index contributed by atoms with van der Waals surface area (Å²) in [7, 11) is 0. The van der Waals surface area contributed by atoms with Crippen molar-refractivity contribution in [3.63, 3.8) is 0 Å². The van der Waals surface area contributed by atoms with E-state index in [4.69, 9.17) is 9.47 Å². The van der Waals surface area contributed by atoms with Crippen LogP contribution in [-0.2, 0) is 19.1 Å². The lowest BCUT2D eigenvalue weighted by atomic mass is 9.94. The van der Waals surface area contributed by atoms with E-state index in [9.17, 15) is 9.59 Å². The van der Waals surface area contributed by atoms with Gasteiger partial charge in [0.25, 0.3) is 0 Å². The van der Waals surface area contributed by atoms with Gasteiger partial charge >= 0.3 is 11.9 Å². The van der Waals surface area contributed by atoms with Crippen LogP contribution in [0.15, 0.2) is 24.3 Å². The minimum atomic E-state index is -0.262. The zero-order valence-corrected chi connectivity index (χ0v) is 30.7. The van der Waals surface area contributed by atoms with E-state index in [-0.39, 0.29) is 24.1 Å². The van der Waals surface area contributed by atoms with Gasteiger partial charge in [-0.2, -0.15) is 0 Å². The van der Waals surface area contributed by atoms with E-state index in [2.05, 4.69) is 38.2 Å². The Bertz CT molecular complexity index is 680. The molecule has 1 aliphatic rings. The largest absolute Gasteiger partial charge is 0.458 e. The number of esters is 2.